The molecule has 92 valence electrons. The van der Waals surface area contributed by atoms with Gasteiger partial charge in [0.05, 0.1) is 0 Å². The van der Waals surface area contributed by atoms with Crippen LogP contribution in [0.15, 0.2) is 48.5 Å². The molecule has 0 saturated heterocycles. The highest BCUT2D eigenvalue weighted by molar-refractivity contribution is 5.80. The smallest absolute Gasteiger partial charge is 0.315 e. The minimum atomic E-state index is -0.858. The molecule has 0 heterocycles. The Kier molecular flexibility index (Phi) is 3.33. The maximum Gasteiger partial charge on any atom is 0.315 e. The van der Waals surface area contributed by atoms with E-state index in [-0.39, 0.29) is 0 Å². The second-order valence-corrected chi connectivity index (χ2v) is 4.35. The van der Waals surface area contributed by atoms with Crippen LogP contribution in [0.1, 0.15) is 22.6 Å². The number of carboxylic acids is 1. The molecule has 0 aromatic heterocycles. The van der Waals surface area contributed by atoms with Gasteiger partial charge in [0.25, 0.3) is 0 Å². The molecule has 3 heteroatoms. The van der Waals surface area contributed by atoms with Gasteiger partial charge < -0.3 is 10.8 Å². The van der Waals surface area contributed by atoms with Crippen LogP contribution in [-0.2, 0) is 4.79 Å². The number of carbonyl (C=O) groups is 1. The molecule has 0 aliphatic rings. The minimum Gasteiger partial charge on any atom is -0.481 e. The molecule has 0 aliphatic heterocycles. The fraction of sp³-hybridized carbons (Fsp3) is 0.133. The van der Waals surface area contributed by atoms with E-state index in [1.807, 2.05) is 31.2 Å². The maximum absolute atomic E-state index is 11.4. The van der Waals surface area contributed by atoms with Crippen LogP contribution in [0, 0.1) is 6.92 Å². The van der Waals surface area contributed by atoms with E-state index in [1.165, 1.54) is 0 Å². The van der Waals surface area contributed by atoms with Crippen LogP contribution in [0.3, 0.4) is 0 Å². The first-order valence-electron chi connectivity index (χ1n) is 5.73. The van der Waals surface area contributed by atoms with Crippen molar-refractivity contribution in [1.82, 2.24) is 0 Å². The van der Waals surface area contributed by atoms with Gasteiger partial charge >= 0.3 is 5.97 Å². The van der Waals surface area contributed by atoms with E-state index in [1.54, 1.807) is 24.3 Å². The lowest BCUT2D eigenvalue weighted by Crippen LogP contribution is -2.13. The van der Waals surface area contributed by atoms with Crippen molar-refractivity contribution in [2.24, 2.45) is 0 Å². The van der Waals surface area contributed by atoms with Gasteiger partial charge in [-0.25, -0.2) is 0 Å². The summed E-state index contributed by atoms with van der Waals surface area (Å²) in [6.07, 6.45) is 0. The van der Waals surface area contributed by atoms with Crippen molar-refractivity contribution < 1.29 is 9.90 Å². The molecule has 1 atom stereocenters. The molecule has 0 spiro atoms. The Balaban J connectivity index is 2.43. The standard InChI is InChI=1S/C15H15NO2/c1-10-2-4-11(5-3-10)14(15(17)18)12-6-8-13(16)9-7-12/h2-9,14H,16H2,1H3,(H,17,18). The quantitative estimate of drug-likeness (QED) is 0.812. The van der Waals surface area contributed by atoms with Gasteiger partial charge in [0.1, 0.15) is 5.92 Å². The molecule has 18 heavy (non-hydrogen) atoms. The second kappa shape index (κ2) is 4.92. The largest absolute Gasteiger partial charge is 0.481 e. The summed E-state index contributed by atoms with van der Waals surface area (Å²) in [6.45, 7) is 1.97. The highest BCUT2D eigenvalue weighted by Gasteiger charge is 2.21. The third-order valence-corrected chi connectivity index (χ3v) is 2.93. The molecule has 2 aromatic carbocycles. The lowest BCUT2D eigenvalue weighted by molar-refractivity contribution is -0.137. The first-order chi connectivity index (χ1) is 8.58. The Labute approximate surface area is 106 Å². The number of aryl methyl sites for hydroxylation is 1. The van der Waals surface area contributed by atoms with Gasteiger partial charge in [0.15, 0.2) is 0 Å². The van der Waals surface area contributed by atoms with E-state index in [4.69, 9.17) is 5.73 Å². The van der Waals surface area contributed by atoms with Gasteiger partial charge in [-0.1, -0.05) is 42.0 Å². The predicted molar refractivity (Wildman–Crippen MR) is 71.5 cm³/mol. The summed E-state index contributed by atoms with van der Waals surface area (Å²) in [7, 11) is 0. The van der Waals surface area contributed by atoms with E-state index in [0.717, 1.165) is 16.7 Å². The summed E-state index contributed by atoms with van der Waals surface area (Å²) in [4.78, 5) is 11.4. The number of nitrogens with two attached hydrogens (primary N) is 1. The Morgan fingerprint density at radius 3 is 1.89 bits per heavy atom. The normalized spacial score (nSPS) is 12.1. The monoisotopic (exact) mass is 241 g/mol. The highest BCUT2D eigenvalue weighted by Crippen LogP contribution is 2.26. The van der Waals surface area contributed by atoms with Crippen LogP contribution in [-0.4, -0.2) is 11.1 Å². The Bertz CT molecular complexity index is 498. The topological polar surface area (TPSA) is 63.3 Å². The molecule has 2 rings (SSSR count). The number of rotatable bonds is 3. The van der Waals surface area contributed by atoms with Gasteiger partial charge in [-0.15, -0.1) is 0 Å². The lowest BCUT2D eigenvalue weighted by atomic mass is 9.91. The summed E-state index contributed by atoms with van der Waals surface area (Å²) in [5.41, 5.74) is 8.87. The number of nitrogen functional groups attached to an aromatic ring is 1. The van der Waals surface area contributed by atoms with Gasteiger partial charge in [-0.2, -0.15) is 0 Å². The Morgan fingerprint density at radius 2 is 1.44 bits per heavy atom. The fourth-order valence-electron chi connectivity index (χ4n) is 1.92. The van der Waals surface area contributed by atoms with E-state index < -0.39 is 11.9 Å². The molecule has 0 amide bonds. The molecule has 0 radical (unpaired) electrons. The second-order valence-electron chi connectivity index (χ2n) is 4.35. The summed E-state index contributed by atoms with van der Waals surface area (Å²) in [6, 6.07) is 14.5. The molecule has 2 aromatic rings. The summed E-state index contributed by atoms with van der Waals surface area (Å²) < 4.78 is 0. The summed E-state index contributed by atoms with van der Waals surface area (Å²) in [5.74, 6) is -1.50. The first kappa shape index (κ1) is 12.2. The van der Waals surface area contributed by atoms with Crippen molar-refractivity contribution in [3.8, 4) is 0 Å². The SMILES string of the molecule is Cc1ccc(C(C(=O)O)c2ccc(N)cc2)cc1. The summed E-state index contributed by atoms with van der Waals surface area (Å²) >= 11 is 0. The number of hydrogen-bond acceptors (Lipinski definition) is 2. The van der Waals surface area contributed by atoms with Crippen LogP contribution in [0.4, 0.5) is 5.69 Å². The number of hydrogen-bond donors (Lipinski definition) is 2. The minimum absolute atomic E-state index is 0.631. The third-order valence-electron chi connectivity index (χ3n) is 2.93. The molecule has 0 bridgehead atoms. The van der Waals surface area contributed by atoms with Crippen LogP contribution in [0.25, 0.3) is 0 Å². The molecule has 3 N–H and O–H groups in total. The number of anilines is 1. The van der Waals surface area contributed by atoms with Crippen molar-refractivity contribution in [3.63, 3.8) is 0 Å². The molecule has 0 aliphatic carbocycles. The molecular weight excluding hydrogens is 226 g/mol. The molecule has 3 nitrogen and oxygen atoms in total. The summed E-state index contributed by atoms with van der Waals surface area (Å²) in [5, 5.41) is 9.39. The van der Waals surface area contributed by atoms with Crippen molar-refractivity contribution in [1.29, 1.82) is 0 Å². The van der Waals surface area contributed by atoms with Crippen molar-refractivity contribution >= 4 is 11.7 Å². The van der Waals surface area contributed by atoms with E-state index in [0.29, 0.717) is 5.69 Å². The van der Waals surface area contributed by atoms with Gasteiger partial charge in [-0.3, -0.25) is 4.79 Å². The highest BCUT2D eigenvalue weighted by atomic mass is 16.4. The van der Waals surface area contributed by atoms with Gasteiger partial charge in [0.2, 0.25) is 0 Å². The van der Waals surface area contributed by atoms with Crippen LogP contribution < -0.4 is 5.73 Å². The van der Waals surface area contributed by atoms with Gasteiger partial charge in [0, 0.05) is 5.69 Å². The van der Waals surface area contributed by atoms with Crippen LogP contribution >= 0.6 is 0 Å². The molecule has 0 saturated carbocycles. The first-order valence-corrected chi connectivity index (χ1v) is 5.73. The van der Waals surface area contributed by atoms with Crippen LogP contribution in [0.5, 0.6) is 0 Å². The van der Waals surface area contributed by atoms with E-state index in [2.05, 4.69) is 0 Å². The lowest BCUT2D eigenvalue weighted by Gasteiger charge is -2.13. The average molecular weight is 241 g/mol. The average Bonchev–Trinajstić information content (AvgIpc) is 2.34. The fourth-order valence-corrected chi connectivity index (χ4v) is 1.92. The zero-order valence-corrected chi connectivity index (χ0v) is 10.1. The van der Waals surface area contributed by atoms with E-state index >= 15 is 0 Å². The Morgan fingerprint density at radius 1 is 1.00 bits per heavy atom. The van der Waals surface area contributed by atoms with Gasteiger partial charge in [-0.05, 0) is 30.2 Å². The predicted octanol–water partition coefficient (Wildman–Crippen LogP) is 2.79. The zero-order chi connectivity index (χ0) is 13.1. The number of carboxylic acid groups (broad SMARTS) is 1. The molecular formula is C15H15NO2. The van der Waals surface area contributed by atoms with Crippen LogP contribution in [0.2, 0.25) is 0 Å². The van der Waals surface area contributed by atoms with Crippen molar-refractivity contribution in [3.05, 3.63) is 65.2 Å². The van der Waals surface area contributed by atoms with E-state index in [9.17, 15) is 9.90 Å². The number of benzene rings is 2. The third kappa shape index (κ3) is 2.51. The van der Waals surface area contributed by atoms with Crippen molar-refractivity contribution in [2.45, 2.75) is 12.8 Å². The Hall–Kier alpha value is -2.29. The number of aliphatic carboxylic acids is 1. The molecule has 0 fully saturated rings. The zero-order valence-electron chi connectivity index (χ0n) is 10.1. The molecule has 1 unspecified atom stereocenters. The van der Waals surface area contributed by atoms with Crippen molar-refractivity contribution in [2.75, 3.05) is 5.73 Å². The maximum atomic E-state index is 11.4.